The molecule has 1 heterocycles. The Morgan fingerprint density at radius 1 is 1.59 bits per heavy atom. The number of carbonyl (C=O) groups is 1. The van der Waals surface area contributed by atoms with Crippen molar-refractivity contribution in [3.05, 3.63) is 11.9 Å². The summed E-state index contributed by atoms with van der Waals surface area (Å²) in [6.07, 6.45) is 2.23. The Labute approximate surface area is 99.3 Å². The molecule has 0 atom stereocenters. The monoisotopic (exact) mass is 243 g/mol. The van der Waals surface area contributed by atoms with Crippen LogP contribution in [0.1, 0.15) is 19.0 Å². The zero-order valence-electron chi connectivity index (χ0n) is 9.83. The van der Waals surface area contributed by atoms with Crippen LogP contribution in [0.5, 0.6) is 0 Å². The van der Waals surface area contributed by atoms with Gasteiger partial charge in [-0.25, -0.2) is 4.68 Å². The highest BCUT2D eigenvalue weighted by Gasteiger charge is 2.06. The van der Waals surface area contributed by atoms with Crippen molar-refractivity contribution in [2.45, 2.75) is 26.5 Å². The summed E-state index contributed by atoms with van der Waals surface area (Å²) in [6.45, 7) is 3.06. The van der Waals surface area contributed by atoms with Crippen LogP contribution >= 0.6 is 0 Å². The molecule has 0 unspecified atom stereocenters. The maximum Gasteiger partial charge on any atom is 0.327 e. The standard InChI is InChI=1S/C10H17N3O4/c1-2-17-10(15)7-13-6-9(11-12-13)8-16-5-3-4-14/h6,14H,2-5,7-8H2,1H3. The third kappa shape index (κ3) is 5.41. The Bertz CT molecular complexity index is 340. The Balaban J connectivity index is 2.29. The maximum absolute atomic E-state index is 11.2. The molecule has 7 nitrogen and oxygen atoms in total. The molecule has 0 saturated heterocycles. The van der Waals surface area contributed by atoms with Crippen molar-refractivity contribution >= 4 is 5.97 Å². The number of aromatic nitrogens is 3. The molecule has 1 N–H and O–H groups in total. The fraction of sp³-hybridized carbons (Fsp3) is 0.700. The Kier molecular flexibility index (Phi) is 6.19. The Hall–Kier alpha value is -1.47. The second kappa shape index (κ2) is 7.75. The van der Waals surface area contributed by atoms with Gasteiger partial charge in [-0.15, -0.1) is 5.10 Å². The number of nitrogens with zero attached hydrogens (tertiary/aromatic N) is 3. The van der Waals surface area contributed by atoms with Crippen molar-refractivity contribution in [3.63, 3.8) is 0 Å². The molecule has 0 aliphatic carbocycles. The van der Waals surface area contributed by atoms with Crippen LogP contribution in [0.15, 0.2) is 6.20 Å². The van der Waals surface area contributed by atoms with Crippen LogP contribution in [0.4, 0.5) is 0 Å². The Morgan fingerprint density at radius 2 is 2.41 bits per heavy atom. The summed E-state index contributed by atoms with van der Waals surface area (Å²) < 4.78 is 11.4. The maximum atomic E-state index is 11.2. The van der Waals surface area contributed by atoms with Crippen LogP contribution in [-0.4, -0.2) is 45.9 Å². The number of ether oxygens (including phenoxy) is 2. The van der Waals surface area contributed by atoms with E-state index in [1.54, 1.807) is 13.1 Å². The molecule has 0 radical (unpaired) electrons. The predicted molar refractivity (Wildman–Crippen MR) is 58.0 cm³/mol. The third-order valence-corrected chi connectivity index (χ3v) is 1.88. The molecule has 7 heteroatoms. The minimum atomic E-state index is -0.342. The van der Waals surface area contributed by atoms with Crippen molar-refractivity contribution in [1.82, 2.24) is 15.0 Å². The summed E-state index contributed by atoms with van der Waals surface area (Å²) >= 11 is 0. The fourth-order valence-corrected chi connectivity index (χ4v) is 1.16. The molecule has 17 heavy (non-hydrogen) atoms. The van der Waals surface area contributed by atoms with E-state index in [9.17, 15) is 4.79 Å². The first-order valence-corrected chi connectivity index (χ1v) is 5.49. The van der Waals surface area contributed by atoms with Crippen LogP contribution < -0.4 is 0 Å². The predicted octanol–water partition coefficient (Wildman–Crippen LogP) is -0.260. The summed E-state index contributed by atoms with van der Waals surface area (Å²) in [5.41, 5.74) is 0.646. The van der Waals surface area contributed by atoms with E-state index in [4.69, 9.17) is 14.6 Å². The summed E-state index contributed by atoms with van der Waals surface area (Å²) in [4.78, 5) is 11.2. The van der Waals surface area contributed by atoms with E-state index >= 15 is 0 Å². The van der Waals surface area contributed by atoms with E-state index < -0.39 is 0 Å². The highest BCUT2D eigenvalue weighted by Crippen LogP contribution is 1.97. The normalized spacial score (nSPS) is 10.5. The van der Waals surface area contributed by atoms with Gasteiger partial charge in [0.05, 0.1) is 19.4 Å². The number of aliphatic hydroxyl groups is 1. The lowest BCUT2D eigenvalue weighted by Gasteiger charge is -2.00. The zero-order valence-corrected chi connectivity index (χ0v) is 9.83. The summed E-state index contributed by atoms with van der Waals surface area (Å²) in [6, 6.07) is 0. The lowest BCUT2D eigenvalue weighted by molar-refractivity contribution is -0.144. The topological polar surface area (TPSA) is 86.5 Å². The van der Waals surface area contributed by atoms with Gasteiger partial charge in [-0.05, 0) is 13.3 Å². The molecule has 0 bridgehead atoms. The van der Waals surface area contributed by atoms with Crippen LogP contribution in [0, 0.1) is 0 Å². The average molecular weight is 243 g/mol. The summed E-state index contributed by atoms with van der Waals surface area (Å²) in [7, 11) is 0. The smallest absolute Gasteiger partial charge is 0.327 e. The van der Waals surface area contributed by atoms with Gasteiger partial charge in [0.1, 0.15) is 12.2 Å². The van der Waals surface area contributed by atoms with Gasteiger partial charge < -0.3 is 14.6 Å². The molecule has 0 aliphatic rings. The molecule has 1 rings (SSSR count). The summed E-state index contributed by atoms with van der Waals surface area (Å²) in [5.74, 6) is -0.342. The molecule has 96 valence electrons. The van der Waals surface area contributed by atoms with E-state index in [0.29, 0.717) is 31.9 Å². The molecule has 0 amide bonds. The molecule has 0 fully saturated rings. The first-order valence-electron chi connectivity index (χ1n) is 5.49. The van der Waals surface area contributed by atoms with Crippen LogP contribution in [-0.2, 0) is 27.4 Å². The quantitative estimate of drug-likeness (QED) is 0.500. The SMILES string of the molecule is CCOC(=O)Cn1cc(COCCCO)nn1. The lowest BCUT2D eigenvalue weighted by Crippen LogP contribution is -2.13. The molecular weight excluding hydrogens is 226 g/mol. The molecular formula is C10H17N3O4. The minimum Gasteiger partial charge on any atom is -0.465 e. The molecule has 1 aromatic heterocycles. The van der Waals surface area contributed by atoms with Crippen LogP contribution in [0.3, 0.4) is 0 Å². The van der Waals surface area contributed by atoms with Gasteiger partial charge in [0.15, 0.2) is 0 Å². The van der Waals surface area contributed by atoms with Gasteiger partial charge in [-0.1, -0.05) is 5.21 Å². The van der Waals surface area contributed by atoms with Crippen molar-refractivity contribution in [1.29, 1.82) is 0 Å². The molecule has 0 spiro atoms. The van der Waals surface area contributed by atoms with E-state index in [1.807, 2.05) is 0 Å². The van der Waals surface area contributed by atoms with Gasteiger partial charge in [0.2, 0.25) is 0 Å². The largest absolute Gasteiger partial charge is 0.465 e. The number of rotatable bonds is 8. The number of hydrogen-bond donors (Lipinski definition) is 1. The molecule has 0 saturated carbocycles. The van der Waals surface area contributed by atoms with Crippen molar-refractivity contribution < 1.29 is 19.4 Å². The molecule has 0 aromatic carbocycles. The highest BCUT2D eigenvalue weighted by molar-refractivity contribution is 5.68. The molecule has 0 aliphatic heterocycles. The van der Waals surface area contributed by atoms with Crippen molar-refractivity contribution in [2.75, 3.05) is 19.8 Å². The van der Waals surface area contributed by atoms with Crippen molar-refractivity contribution in [2.24, 2.45) is 0 Å². The highest BCUT2D eigenvalue weighted by atomic mass is 16.5. The molecule has 1 aromatic rings. The van der Waals surface area contributed by atoms with E-state index in [0.717, 1.165) is 0 Å². The second-order valence-corrected chi connectivity index (χ2v) is 3.34. The number of carbonyl (C=O) groups excluding carboxylic acids is 1. The first-order chi connectivity index (χ1) is 8.26. The second-order valence-electron chi connectivity index (χ2n) is 3.34. The van der Waals surface area contributed by atoms with E-state index in [1.165, 1.54) is 4.68 Å². The fourth-order valence-electron chi connectivity index (χ4n) is 1.16. The third-order valence-electron chi connectivity index (χ3n) is 1.88. The number of esters is 1. The van der Waals surface area contributed by atoms with Crippen molar-refractivity contribution in [3.8, 4) is 0 Å². The minimum absolute atomic E-state index is 0.0531. The zero-order chi connectivity index (χ0) is 12.5. The lowest BCUT2D eigenvalue weighted by atomic mass is 10.5. The number of aliphatic hydroxyl groups excluding tert-OH is 1. The van der Waals surface area contributed by atoms with Gasteiger partial charge in [-0.2, -0.15) is 0 Å². The van der Waals surface area contributed by atoms with Gasteiger partial charge in [0, 0.05) is 13.2 Å². The number of hydrogen-bond acceptors (Lipinski definition) is 6. The van der Waals surface area contributed by atoms with Gasteiger partial charge in [-0.3, -0.25) is 4.79 Å². The Morgan fingerprint density at radius 3 is 3.12 bits per heavy atom. The summed E-state index contributed by atoms with van der Waals surface area (Å²) in [5, 5.41) is 16.2. The first kappa shape index (κ1) is 13.6. The van der Waals surface area contributed by atoms with Crippen LogP contribution in [0.2, 0.25) is 0 Å². The van der Waals surface area contributed by atoms with Gasteiger partial charge in [0.25, 0.3) is 0 Å². The van der Waals surface area contributed by atoms with Gasteiger partial charge >= 0.3 is 5.97 Å². The van der Waals surface area contributed by atoms with E-state index in [-0.39, 0.29) is 19.1 Å². The average Bonchev–Trinajstić information content (AvgIpc) is 2.72. The van der Waals surface area contributed by atoms with E-state index in [2.05, 4.69) is 10.3 Å². The van der Waals surface area contributed by atoms with Crippen LogP contribution in [0.25, 0.3) is 0 Å².